The highest BCUT2D eigenvalue weighted by atomic mass is 79.9. The molecule has 0 radical (unpaired) electrons. The number of carbonyl (C=O) groups excluding carboxylic acids is 1. The number of hydrogen-bond acceptors (Lipinski definition) is 3. The van der Waals surface area contributed by atoms with Gasteiger partial charge in [-0.3, -0.25) is 9.69 Å². The fourth-order valence-electron chi connectivity index (χ4n) is 1.65. The Hall–Kier alpha value is -0.940. The SMILES string of the molecule is Cc1ccnc(N2CC(N)CC2=O)c1Br. The number of rotatable bonds is 1. The van der Waals surface area contributed by atoms with Gasteiger partial charge in [0.2, 0.25) is 5.91 Å². The van der Waals surface area contributed by atoms with Crippen molar-refractivity contribution in [2.75, 3.05) is 11.4 Å². The molecule has 1 aliphatic heterocycles. The Morgan fingerprint density at radius 1 is 1.67 bits per heavy atom. The van der Waals surface area contributed by atoms with E-state index in [0.717, 1.165) is 10.0 Å². The predicted molar refractivity (Wildman–Crippen MR) is 61.6 cm³/mol. The van der Waals surface area contributed by atoms with Gasteiger partial charge in [-0.2, -0.15) is 0 Å². The minimum atomic E-state index is -0.0771. The third kappa shape index (κ3) is 1.89. The Labute approximate surface area is 96.6 Å². The molecule has 0 spiro atoms. The fraction of sp³-hybridized carbons (Fsp3) is 0.400. The Kier molecular flexibility index (Phi) is 2.75. The van der Waals surface area contributed by atoms with Crippen molar-refractivity contribution in [3.05, 3.63) is 22.3 Å². The average Bonchev–Trinajstić information content (AvgIpc) is 2.50. The molecule has 0 aliphatic carbocycles. The van der Waals surface area contributed by atoms with Crippen LogP contribution in [0.3, 0.4) is 0 Å². The number of carbonyl (C=O) groups is 1. The van der Waals surface area contributed by atoms with E-state index in [4.69, 9.17) is 5.73 Å². The van der Waals surface area contributed by atoms with Gasteiger partial charge in [0.05, 0.1) is 4.47 Å². The third-order valence-electron chi connectivity index (χ3n) is 2.47. The summed E-state index contributed by atoms with van der Waals surface area (Å²) in [5.41, 5.74) is 6.80. The van der Waals surface area contributed by atoms with E-state index >= 15 is 0 Å². The van der Waals surface area contributed by atoms with Gasteiger partial charge >= 0.3 is 0 Å². The number of nitrogens with zero attached hydrogens (tertiary/aromatic N) is 2. The van der Waals surface area contributed by atoms with Crippen molar-refractivity contribution in [2.24, 2.45) is 5.73 Å². The van der Waals surface area contributed by atoms with Crippen LogP contribution < -0.4 is 10.6 Å². The van der Waals surface area contributed by atoms with E-state index in [1.165, 1.54) is 0 Å². The number of pyridine rings is 1. The number of aromatic nitrogens is 1. The minimum Gasteiger partial charge on any atom is -0.326 e. The Morgan fingerprint density at radius 3 is 3.00 bits per heavy atom. The van der Waals surface area contributed by atoms with Crippen LogP contribution in [0.25, 0.3) is 0 Å². The van der Waals surface area contributed by atoms with Crippen LogP contribution in [-0.4, -0.2) is 23.5 Å². The first-order valence-corrected chi connectivity index (χ1v) is 5.56. The van der Waals surface area contributed by atoms with Gasteiger partial charge in [-0.1, -0.05) is 0 Å². The monoisotopic (exact) mass is 269 g/mol. The van der Waals surface area contributed by atoms with E-state index in [1.54, 1.807) is 11.1 Å². The van der Waals surface area contributed by atoms with Crippen molar-refractivity contribution in [1.29, 1.82) is 0 Å². The van der Waals surface area contributed by atoms with Crippen LogP contribution in [-0.2, 0) is 4.79 Å². The van der Waals surface area contributed by atoms with Gasteiger partial charge < -0.3 is 5.73 Å². The van der Waals surface area contributed by atoms with Crippen molar-refractivity contribution in [1.82, 2.24) is 4.98 Å². The van der Waals surface area contributed by atoms with Crippen molar-refractivity contribution in [3.8, 4) is 0 Å². The van der Waals surface area contributed by atoms with Crippen LogP contribution >= 0.6 is 15.9 Å². The maximum absolute atomic E-state index is 11.6. The Bertz CT molecular complexity index is 408. The van der Waals surface area contributed by atoms with Gasteiger partial charge in [0, 0.05) is 25.2 Å². The standard InChI is InChI=1S/C10H12BrN3O/c1-6-2-3-13-10(9(6)11)14-5-7(12)4-8(14)15/h2-3,7H,4-5,12H2,1H3. The highest BCUT2D eigenvalue weighted by molar-refractivity contribution is 9.10. The molecule has 80 valence electrons. The molecule has 1 aromatic rings. The van der Waals surface area contributed by atoms with Crippen LogP contribution in [0.5, 0.6) is 0 Å². The number of anilines is 1. The number of nitrogens with two attached hydrogens (primary N) is 1. The molecular weight excluding hydrogens is 258 g/mol. The highest BCUT2D eigenvalue weighted by Crippen LogP contribution is 2.29. The summed E-state index contributed by atoms with van der Waals surface area (Å²) in [4.78, 5) is 17.5. The van der Waals surface area contributed by atoms with Gasteiger partial charge in [-0.15, -0.1) is 0 Å². The summed E-state index contributed by atoms with van der Waals surface area (Å²) in [7, 11) is 0. The maximum Gasteiger partial charge on any atom is 0.229 e. The first kappa shape index (κ1) is 10.6. The summed E-state index contributed by atoms with van der Waals surface area (Å²) in [5.74, 6) is 0.717. The topological polar surface area (TPSA) is 59.2 Å². The van der Waals surface area contributed by atoms with Gasteiger partial charge in [0.25, 0.3) is 0 Å². The van der Waals surface area contributed by atoms with Crippen LogP contribution in [0.15, 0.2) is 16.7 Å². The highest BCUT2D eigenvalue weighted by Gasteiger charge is 2.30. The fourth-order valence-corrected chi connectivity index (χ4v) is 2.10. The van der Waals surface area contributed by atoms with Gasteiger partial charge in [0.15, 0.2) is 0 Å². The molecule has 1 unspecified atom stereocenters. The van der Waals surface area contributed by atoms with Crippen molar-refractivity contribution >= 4 is 27.7 Å². The van der Waals surface area contributed by atoms with Crippen LogP contribution in [0, 0.1) is 6.92 Å². The second-order valence-electron chi connectivity index (χ2n) is 3.73. The lowest BCUT2D eigenvalue weighted by Crippen LogP contribution is -2.29. The molecule has 15 heavy (non-hydrogen) atoms. The lowest BCUT2D eigenvalue weighted by molar-refractivity contribution is -0.117. The predicted octanol–water partition coefficient (Wildman–Crippen LogP) is 1.22. The zero-order chi connectivity index (χ0) is 11.0. The van der Waals surface area contributed by atoms with Gasteiger partial charge in [-0.25, -0.2) is 4.98 Å². The quantitative estimate of drug-likeness (QED) is 0.834. The minimum absolute atomic E-state index is 0.0429. The number of hydrogen-bond donors (Lipinski definition) is 1. The summed E-state index contributed by atoms with van der Waals surface area (Å²) in [6, 6.07) is 1.82. The van der Waals surface area contributed by atoms with E-state index in [2.05, 4.69) is 20.9 Å². The van der Waals surface area contributed by atoms with E-state index < -0.39 is 0 Å². The summed E-state index contributed by atoms with van der Waals surface area (Å²) in [6.07, 6.45) is 2.11. The largest absolute Gasteiger partial charge is 0.326 e. The lowest BCUT2D eigenvalue weighted by atomic mass is 10.3. The second-order valence-corrected chi connectivity index (χ2v) is 4.53. The van der Waals surface area contributed by atoms with E-state index in [1.807, 2.05) is 13.0 Å². The molecule has 4 nitrogen and oxygen atoms in total. The van der Waals surface area contributed by atoms with Crippen molar-refractivity contribution in [3.63, 3.8) is 0 Å². The van der Waals surface area contributed by atoms with E-state index in [9.17, 15) is 4.79 Å². The zero-order valence-electron chi connectivity index (χ0n) is 8.40. The molecule has 2 heterocycles. The molecule has 1 aliphatic rings. The zero-order valence-corrected chi connectivity index (χ0v) is 9.99. The van der Waals surface area contributed by atoms with E-state index in [0.29, 0.717) is 18.8 Å². The van der Waals surface area contributed by atoms with Crippen LogP contribution in [0.4, 0.5) is 5.82 Å². The molecule has 2 rings (SSSR count). The average molecular weight is 270 g/mol. The maximum atomic E-state index is 11.6. The molecule has 0 bridgehead atoms. The summed E-state index contributed by atoms with van der Waals surface area (Å²) in [6.45, 7) is 2.52. The molecule has 1 atom stereocenters. The number of halogens is 1. The third-order valence-corrected chi connectivity index (χ3v) is 3.45. The number of aryl methyl sites for hydroxylation is 1. The summed E-state index contributed by atoms with van der Waals surface area (Å²) in [5, 5.41) is 0. The first-order chi connectivity index (χ1) is 7.09. The molecular formula is C10H12BrN3O. The molecule has 0 saturated carbocycles. The summed E-state index contributed by atoms with van der Waals surface area (Å²) < 4.78 is 0.868. The normalized spacial score (nSPS) is 21.1. The Balaban J connectivity index is 2.38. The molecule has 2 N–H and O–H groups in total. The van der Waals surface area contributed by atoms with Gasteiger partial charge in [-0.05, 0) is 34.5 Å². The molecule has 1 saturated heterocycles. The smallest absolute Gasteiger partial charge is 0.229 e. The molecule has 1 aromatic heterocycles. The first-order valence-electron chi connectivity index (χ1n) is 4.76. The van der Waals surface area contributed by atoms with Crippen LogP contribution in [0.1, 0.15) is 12.0 Å². The molecule has 0 aromatic carbocycles. The molecule has 5 heteroatoms. The molecule has 1 fully saturated rings. The number of amides is 1. The Morgan fingerprint density at radius 2 is 2.40 bits per heavy atom. The second kappa shape index (κ2) is 3.90. The van der Waals surface area contributed by atoms with Crippen LogP contribution in [0.2, 0.25) is 0 Å². The van der Waals surface area contributed by atoms with Crippen molar-refractivity contribution in [2.45, 2.75) is 19.4 Å². The summed E-state index contributed by atoms with van der Waals surface area (Å²) >= 11 is 3.44. The van der Waals surface area contributed by atoms with Crippen molar-refractivity contribution < 1.29 is 4.79 Å². The lowest BCUT2D eigenvalue weighted by Gasteiger charge is -2.17. The van der Waals surface area contributed by atoms with E-state index in [-0.39, 0.29) is 11.9 Å². The van der Waals surface area contributed by atoms with Gasteiger partial charge in [0.1, 0.15) is 5.82 Å². The molecule has 1 amide bonds.